The van der Waals surface area contributed by atoms with Crippen LogP contribution < -0.4 is 5.32 Å². The fraction of sp³-hybridized carbons (Fsp3) is 0.333. The fourth-order valence-corrected chi connectivity index (χ4v) is 1.59. The van der Waals surface area contributed by atoms with Crippen LogP contribution in [0.15, 0.2) is 18.2 Å². The average molecular weight is 266 g/mol. The number of aryl methyl sites for hydroxylation is 1. The Kier molecular flexibility index (Phi) is 4.57. The lowest BCUT2D eigenvalue weighted by Crippen LogP contribution is -2.40. The molecule has 0 radical (unpaired) electrons. The van der Waals surface area contributed by atoms with E-state index in [1.54, 1.807) is 13.8 Å². The summed E-state index contributed by atoms with van der Waals surface area (Å²) in [4.78, 5) is 32.7. The monoisotopic (exact) mass is 266 g/mol. The van der Waals surface area contributed by atoms with Gasteiger partial charge in [-0.15, -0.1) is 0 Å². The van der Waals surface area contributed by atoms with E-state index in [2.05, 4.69) is 5.32 Å². The smallest absolute Gasteiger partial charge is 0.326 e. The Morgan fingerprint density at radius 1 is 1.47 bits per heavy atom. The van der Waals surface area contributed by atoms with E-state index in [9.17, 15) is 19.7 Å². The van der Waals surface area contributed by atoms with Gasteiger partial charge in [0.25, 0.3) is 11.6 Å². The zero-order valence-electron chi connectivity index (χ0n) is 10.5. The van der Waals surface area contributed by atoms with Gasteiger partial charge in [-0.3, -0.25) is 14.9 Å². The number of hydrogen-bond acceptors (Lipinski definition) is 4. The molecule has 7 nitrogen and oxygen atoms in total. The summed E-state index contributed by atoms with van der Waals surface area (Å²) >= 11 is 0. The van der Waals surface area contributed by atoms with Crippen LogP contribution in [0.5, 0.6) is 0 Å². The number of carboxylic acids is 1. The molecule has 1 atom stereocenters. The number of nitro groups is 1. The van der Waals surface area contributed by atoms with Gasteiger partial charge >= 0.3 is 5.97 Å². The van der Waals surface area contributed by atoms with Crippen LogP contribution >= 0.6 is 0 Å². The molecule has 2 N–H and O–H groups in total. The first kappa shape index (κ1) is 14.6. The Balaban J connectivity index is 2.94. The summed E-state index contributed by atoms with van der Waals surface area (Å²) in [5, 5.41) is 21.8. The number of benzene rings is 1. The molecule has 1 aromatic rings. The Bertz CT molecular complexity index is 527. The molecule has 1 rings (SSSR count). The molecule has 7 heteroatoms. The van der Waals surface area contributed by atoms with Crippen molar-refractivity contribution in [3.63, 3.8) is 0 Å². The third-order valence-electron chi connectivity index (χ3n) is 2.68. The summed E-state index contributed by atoms with van der Waals surface area (Å²) in [6.07, 6.45) is 0.257. The number of nitro benzene ring substituents is 1. The Morgan fingerprint density at radius 2 is 2.11 bits per heavy atom. The van der Waals surface area contributed by atoms with Crippen molar-refractivity contribution in [3.8, 4) is 0 Å². The standard InChI is InChI=1S/C12H14N2O5/c1-3-10(12(16)17)13-11(15)9-5-4-8(14(18)19)6-7(9)2/h4-6,10H,3H2,1-2H3,(H,13,15)(H,16,17)/t10-/m1/s1. The number of rotatable bonds is 5. The van der Waals surface area contributed by atoms with Gasteiger partial charge in [0.1, 0.15) is 6.04 Å². The highest BCUT2D eigenvalue weighted by atomic mass is 16.6. The second-order valence-electron chi connectivity index (χ2n) is 4.03. The number of amides is 1. The SMILES string of the molecule is CC[C@@H](NC(=O)c1ccc([N+](=O)[O-])cc1C)C(=O)O. The molecule has 0 heterocycles. The van der Waals surface area contributed by atoms with Crippen molar-refractivity contribution in [2.75, 3.05) is 0 Å². The summed E-state index contributed by atoms with van der Waals surface area (Å²) in [5.74, 6) is -1.67. The van der Waals surface area contributed by atoms with Gasteiger partial charge in [0.2, 0.25) is 0 Å². The molecule has 0 spiro atoms. The van der Waals surface area contributed by atoms with E-state index in [0.29, 0.717) is 5.56 Å². The van der Waals surface area contributed by atoms with Crippen LogP contribution in [0.3, 0.4) is 0 Å². The molecule has 0 aliphatic heterocycles. The first-order chi connectivity index (χ1) is 8.86. The van der Waals surface area contributed by atoms with E-state index in [0.717, 1.165) is 0 Å². The van der Waals surface area contributed by atoms with Crippen LogP contribution in [0, 0.1) is 17.0 Å². The van der Waals surface area contributed by atoms with Crippen molar-refractivity contribution in [2.45, 2.75) is 26.3 Å². The van der Waals surface area contributed by atoms with Crippen molar-refractivity contribution in [3.05, 3.63) is 39.4 Å². The molecule has 1 aromatic carbocycles. The normalized spacial score (nSPS) is 11.7. The molecule has 102 valence electrons. The zero-order chi connectivity index (χ0) is 14.6. The van der Waals surface area contributed by atoms with Gasteiger partial charge in [0.05, 0.1) is 4.92 Å². The lowest BCUT2D eigenvalue weighted by atomic mass is 10.1. The van der Waals surface area contributed by atoms with Crippen molar-refractivity contribution >= 4 is 17.6 Å². The zero-order valence-corrected chi connectivity index (χ0v) is 10.5. The number of nitrogens with zero attached hydrogens (tertiary/aromatic N) is 1. The predicted molar refractivity (Wildman–Crippen MR) is 67.0 cm³/mol. The van der Waals surface area contributed by atoms with Gasteiger partial charge in [-0.05, 0) is 25.0 Å². The number of aliphatic carboxylic acids is 1. The quantitative estimate of drug-likeness (QED) is 0.619. The maximum Gasteiger partial charge on any atom is 0.326 e. The number of carbonyl (C=O) groups excluding carboxylic acids is 1. The van der Waals surface area contributed by atoms with E-state index >= 15 is 0 Å². The maximum absolute atomic E-state index is 11.9. The minimum Gasteiger partial charge on any atom is -0.480 e. The summed E-state index contributed by atoms with van der Waals surface area (Å²) in [5.41, 5.74) is 0.538. The molecular weight excluding hydrogens is 252 g/mol. The molecule has 0 unspecified atom stereocenters. The van der Waals surface area contributed by atoms with E-state index in [-0.39, 0.29) is 17.7 Å². The van der Waals surface area contributed by atoms with Gasteiger partial charge in [-0.2, -0.15) is 0 Å². The van der Waals surface area contributed by atoms with Gasteiger partial charge in [-0.25, -0.2) is 4.79 Å². The molecule has 1 amide bonds. The lowest BCUT2D eigenvalue weighted by molar-refractivity contribution is -0.384. The van der Waals surface area contributed by atoms with E-state index in [1.807, 2.05) is 0 Å². The first-order valence-electron chi connectivity index (χ1n) is 5.65. The highest BCUT2D eigenvalue weighted by Gasteiger charge is 2.20. The Labute approximate surface area is 109 Å². The summed E-state index contributed by atoms with van der Waals surface area (Å²) in [7, 11) is 0. The number of carboxylic acid groups (broad SMARTS) is 1. The maximum atomic E-state index is 11.9. The highest BCUT2D eigenvalue weighted by molar-refractivity contribution is 5.98. The molecule has 0 aromatic heterocycles. The third-order valence-corrected chi connectivity index (χ3v) is 2.68. The summed E-state index contributed by atoms with van der Waals surface area (Å²) in [6, 6.07) is 2.83. The molecule has 0 bridgehead atoms. The van der Waals surface area contributed by atoms with Crippen molar-refractivity contribution in [1.29, 1.82) is 0 Å². The van der Waals surface area contributed by atoms with Crippen LogP contribution in [-0.2, 0) is 4.79 Å². The Hall–Kier alpha value is -2.44. The third kappa shape index (κ3) is 3.51. The van der Waals surface area contributed by atoms with Gasteiger partial charge in [0, 0.05) is 17.7 Å². The van der Waals surface area contributed by atoms with E-state index in [4.69, 9.17) is 5.11 Å². The van der Waals surface area contributed by atoms with Gasteiger partial charge in [-0.1, -0.05) is 6.92 Å². The molecule has 0 saturated heterocycles. The number of carbonyl (C=O) groups is 2. The van der Waals surface area contributed by atoms with Crippen LogP contribution in [0.4, 0.5) is 5.69 Å². The first-order valence-corrected chi connectivity index (χ1v) is 5.65. The predicted octanol–water partition coefficient (Wildman–Crippen LogP) is 1.50. The minimum atomic E-state index is -1.12. The van der Waals surface area contributed by atoms with Gasteiger partial charge < -0.3 is 10.4 Å². The molecule has 0 saturated carbocycles. The largest absolute Gasteiger partial charge is 0.480 e. The number of non-ortho nitro benzene ring substituents is 1. The van der Waals surface area contributed by atoms with Crippen molar-refractivity contribution < 1.29 is 19.6 Å². The number of nitrogens with one attached hydrogen (secondary N) is 1. The molecule has 0 aliphatic carbocycles. The van der Waals surface area contributed by atoms with E-state index < -0.39 is 22.8 Å². The highest BCUT2D eigenvalue weighted by Crippen LogP contribution is 2.17. The van der Waals surface area contributed by atoms with Crippen LogP contribution in [0.25, 0.3) is 0 Å². The van der Waals surface area contributed by atoms with Crippen LogP contribution in [-0.4, -0.2) is 27.9 Å². The van der Waals surface area contributed by atoms with Gasteiger partial charge in [0.15, 0.2) is 0 Å². The topological polar surface area (TPSA) is 110 Å². The minimum absolute atomic E-state index is 0.112. The lowest BCUT2D eigenvalue weighted by Gasteiger charge is -2.13. The van der Waals surface area contributed by atoms with E-state index in [1.165, 1.54) is 18.2 Å². The Morgan fingerprint density at radius 3 is 2.53 bits per heavy atom. The molecule has 0 aliphatic rings. The summed E-state index contributed by atoms with van der Waals surface area (Å²) < 4.78 is 0. The number of hydrogen-bond donors (Lipinski definition) is 2. The molecule has 0 fully saturated rings. The molecule has 19 heavy (non-hydrogen) atoms. The summed E-state index contributed by atoms with van der Waals surface area (Å²) in [6.45, 7) is 3.20. The van der Waals surface area contributed by atoms with Crippen LogP contribution in [0.1, 0.15) is 29.3 Å². The second-order valence-corrected chi connectivity index (χ2v) is 4.03. The van der Waals surface area contributed by atoms with Crippen LogP contribution in [0.2, 0.25) is 0 Å². The second kappa shape index (κ2) is 5.94. The van der Waals surface area contributed by atoms with Crippen molar-refractivity contribution in [1.82, 2.24) is 5.32 Å². The average Bonchev–Trinajstić information content (AvgIpc) is 2.34. The van der Waals surface area contributed by atoms with Crippen molar-refractivity contribution in [2.24, 2.45) is 0 Å². The molecular formula is C12H14N2O5. The fourth-order valence-electron chi connectivity index (χ4n) is 1.59.